The maximum Gasteiger partial charge on any atom is 0.135 e. The summed E-state index contributed by atoms with van der Waals surface area (Å²) in [5, 5.41) is 6.98. The summed E-state index contributed by atoms with van der Waals surface area (Å²) in [7, 11) is 0. The Labute approximate surface area is 292 Å². The molecule has 0 amide bonds. The number of hydrogen-bond donors (Lipinski definition) is 0. The zero-order valence-electron chi connectivity index (χ0n) is 27.4. The van der Waals surface area contributed by atoms with Crippen molar-refractivity contribution in [1.29, 1.82) is 0 Å². The average Bonchev–Trinajstić information content (AvgIpc) is 3.85. The summed E-state index contributed by atoms with van der Waals surface area (Å²) in [6, 6.07) is 55.7. The van der Waals surface area contributed by atoms with Crippen LogP contribution in [-0.4, -0.2) is 19.1 Å². The van der Waals surface area contributed by atoms with Gasteiger partial charge in [0.15, 0.2) is 0 Å². The van der Waals surface area contributed by atoms with Crippen molar-refractivity contribution in [3.8, 4) is 33.9 Å². The van der Waals surface area contributed by atoms with Gasteiger partial charge in [0.2, 0.25) is 0 Å². The molecule has 0 saturated heterocycles. The van der Waals surface area contributed by atoms with E-state index in [2.05, 4.69) is 153 Å². The Bertz CT molecular complexity index is 2920. The predicted molar refractivity (Wildman–Crippen MR) is 209 cm³/mol. The second kappa shape index (κ2) is 10.8. The SMILES string of the molecule is c1ccc(-c2ccc3c(c2)c2ccccc2n3-c2ccc3oc4ccc(-n5c6ccccc6c6cc(-c7ccccn7)ccc65)cc4c3c2)nc1. The largest absolute Gasteiger partial charge is 0.456 e. The van der Waals surface area contributed by atoms with Crippen LogP contribution >= 0.6 is 0 Å². The number of rotatable bonds is 4. The van der Waals surface area contributed by atoms with E-state index in [1.54, 1.807) is 0 Å². The first kappa shape index (κ1) is 27.9. The van der Waals surface area contributed by atoms with E-state index in [0.717, 1.165) is 77.9 Å². The fourth-order valence-corrected chi connectivity index (χ4v) is 7.92. The molecule has 6 aromatic carbocycles. The molecule has 11 rings (SSSR count). The van der Waals surface area contributed by atoms with Crippen LogP contribution in [0.3, 0.4) is 0 Å². The van der Waals surface area contributed by atoms with Crippen molar-refractivity contribution >= 4 is 65.6 Å². The lowest BCUT2D eigenvalue weighted by Gasteiger charge is -2.09. The van der Waals surface area contributed by atoms with Gasteiger partial charge in [-0.25, -0.2) is 0 Å². The summed E-state index contributed by atoms with van der Waals surface area (Å²) in [6.07, 6.45) is 3.69. The normalized spacial score (nSPS) is 11.9. The van der Waals surface area contributed by atoms with Gasteiger partial charge in [0.1, 0.15) is 11.2 Å². The number of aromatic nitrogens is 4. The molecular formula is C46H28N4O. The van der Waals surface area contributed by atoms with Crippen molar-refractivity contribution < 1.29 is 4.42 Å². The molecule has 0 spiro atoms. The van der Waals surface area contributed by atoms with Crippen LogP contribution in [0.1, 0.15) is 0 Å². The minimum atomic E-state index is 0.867. The standard InChI is InChI=1S/C46H28N4O/c1-3-13-41-33(9-1)35-25-29(39-11-5-7-23-47-39)15-19-43(35)49(41)31-17-21-45-37(27-31)38-28-32(18-22-46(38)51-45)50-42-14-4-2-10-34(42)36-26-30(16-20-44(36)50)40-12-6-8-24-48-40/h1-28H. The Morgan fingerprint density at radius 1 is 0.353 bits per heavy atom. The fourth-order valence-electron chi connectivity index (χ4n) is 7.92. The Balaban J connectivity index is 1.10. The molecule has 238 valence electrons. The molecule has 5 aromatic heterocycles. The number of fused-ring (bicyclic) bond motifs is 9. The van der Waals surface area contributed by atoms with E-state index in [4.69, 9.17) is 4.42 Å². The van der Waals surface area contributed by atoms with E-state index >= 15 is 0 Å². The van der Waals surface area contributed by atoms with E-state index in [1.165, 1.54) is 21.5 Å². The first-order chi connectivity index (χ1) is 25.3. The highest BCUT2D eigenvalue weighted by Gasteiger charge is 2.18. The Hall–Kier alpha value is -6.98. The molecular weight excluding hydrogens is 625 g/mol. The molecule has 0 radical (unpaired) electrons. The third-order valence-electron chi connectivity index (χ3n) is 10.2. The smallest absolute Gasteiger partial charge is 0.135 e. The lowest BCUT2D eigenvalue weighted by Crippen LogP contribution is -1.94. The predicted octanol–water partition coefficient (Wildman–Crippen LogP) is 11.9. The first-order valence-corrected chi connectivity index (χ1v) is 17.1. The lowest BCUT2D eigenvalue weighted by molar-refractivity contribution is 0.669. The van der Waals surface area contributed by atoms with Gasteiger partial charge in [0.25, 0.3) is 0 Å². The van der Waals surface area contributed by atoms with Crippen LogP contribution in [0.4, 0.5) is 0 Å². The molecule has 5 heterocycles. The van der Waals surface area contributed by atoms with Crippen LogP contribution in [0.2, 0.25) is 0 Å². The maximum atomic E-state index is 6.44. The number of para-hydroxylation sites is 2. The van der Waals surface area contributed by atoms with Crippen LogP contribution in [0.5, 0.6) is 0 Å². The van der Waals surface area contributed by atoms with Crippen LogP contribution in [0.25, 0.3) is 99.4 Å². The summed E-state index contributed by atoms with van der Waals surface area (Å²) in [5.41, 5.74) is 12.7. The van der Waals surface area contributed by atoms with E-state index in [1.807, 2.05) is 36.7 Å². The third kappa shape index (κ3) is 4.22. The van der Waals surface area contributed by atoms with Crippen molar-refractivity contribution in [3.63, 3.8) is 0 Å². The summed E-state index contributed by atoms with van der Waals surface area (Å²) < 4.78 is 11.2. The Kier molecular flexibility index (Phi) is 5.89. The molecule has 11 aromatic rings. The summed E-state index contributed by atoms with van der Waals surface area (Å²) in [4.78, 5) is 9.22. The van der Waals surface area contributed by atoms with Gasteiger partial charge in [-0.1, -0.05) is 60.7 Å². The molecule has 0 bridgehead atoms. The molecule has 0 aliphatic carbocycles. The van der Waals surface area contributed by atoms with Crippen LogP contribution < -0.4 is 0 Å². The van der Waals surface area contributed by atoms with Gasteiger partial charge < -0.3 is 13.6 Å². The van der Waals surface area contributed by atoms with E-state index in [9.17, 15) is 0 Å². The molecule has 0 atom stereocenters. The minimum absolute atomic E-state index is 0.867. The fraction of sp³-hybridized carbons (Fsp3) is 0. The molecule has 0 unspecified atom stereocenters. The van der Waals surface area contributed by atoms with Gasteiger partial charge in [-0.05, 0) is 97.1 Å². The van der Waals surface area contributed by atoms with Crippen molar-refractivity contribution in [3.05, 3.63) is 170 Å². The van der Waals surface area contributed by atoms with Crippen molar-refractivity contribution in [1.82, 2.24) is 19.1 Å². The maximum absolute atomic E-state index is 6.44. The van der Waals surface area contributed by atoms with E-state index in [-0.39, 0.29) is 0 Å². The molecule has 51 heavy (non-hydrogen) atoms. The topological polar surface area (TPSA) is 48.8 Å². The van der Waals surface area contributed by atoms with Crippen molar-refractivity contribution in [2.24, 2.45) is 0 Å². The number of pyridine rings is 2. The Morgan fingerprint density at radius 3 is 1.27 bits per heavy atom. The zero-order valence-corrected chi connectivity index (χ0v) is 27.4. The number of nitrogens with zero attached hydrogens (tertiary/aromatic N) is 4. The summed E-state index contributed by atoms with van der Waals surface area (Å²) >= 11 is 0. The van der Waals surface area contributed by atoms with Crippen molar-refractivity contribution in [2.45, 2.75) is 0 Å². The summed E-state index contributed by atoms with van der Waals surface area (Å²) in [6.45, 7) is 0. The highest BCUT2D eigenvalue weighted by Crippen LogP contribution is 2.39. The van der Waals surface area contributed by atoms with Gasteiger partial charge >= 0.3 is 0 Å². The average molecular weight is 653 g/mol. The third-order valence-corrected chi connectivity index (χ3v) is 10.2. The van der Waals surface area contributed by atoms with Gasteiger partial charge in [0.05, 0.1) is 33.5 Å². The number of benzene rings is 6. The molecule has 5 nitrogen and oxygen atoms in total. The second-order valence-corrected chi connectivity index (χ2v) is 13.1. The van der Waals surface area contributed by atoms with Gasteiger partial charge in [0, 0.05) is 67.2 Å². The highest BCUT2D eigenvalue weighted by atomic mass is 16.3. The quantitative estimate of drug-likeness (QED) is 0.190. The number of hydrogen-bond acceptors (Lipinski definition) is 3. The van der Waals surface area contributed by atoms with E-state index < -0.39 is 0 Å². The first-order valence-electron chi connectivity index (χ1n) is 17.1. The molecule has 0 saturated carbocycles. The molecule has 0 aliphatic rings. The zero-order chi connectivity index (χ0) is 33.5. The van der Waals surface area contributed by atoms with Gasteiger partial charge in [-0.3, -0.25) is 9.97 Å². The molecule has 5 heteroatoms. The Morgan fingerprint density at radius 2 is 0.804 bits per heavy atom. The van der Waals surface area contributed by atoms with Crippen molar-refractivity contribution in [2.75, 3.05) is 0 Å². The molecule has 0 fully saturated rings. The van der Waals surface area contributed by atoms with Crippen LogP contribution in [0, 0.1) is 0 Å². The molecule has 0 aliphatic heterocycles. The lowest BCUT2D eigenvalue weighted by atomic mass is 10.1. The molecule has 0 N–H and O–H groups in total. The highest BCUT2D eigenvalue weighted by molar-refractivity contribution is 6.13. The van der Waals surface area contributed by atoms with Gasteiger partial charge in [-0.2, -0.15) is 0 Å². The van der Waals surface area contributed by atoms with E-state index in [0.29, 0.717) is 0 Å². The van der Waals surface area contributed by atoms with Crippen LogP contribution in [0.15, 0.2) is 175 Å². The van der Waals surface area contributed by atoms with Crippen LogP contribution in [-0.2, 0) is 0 Å². The monoisotopic (exact) mass is 652 g/mol. The van der Waals surface area contributed by atoms with Gasteiger partial charge in [-0.15, -0.1) is 0 Å². The second-order valence-electron chi connectivity index (χ2n) is 13.1. The number of furan rings is 1. The minimum Gasteiger partial charge on any atom is -0.456 e. The summed E-state index contributed by atoms with van der Waals surface area (Å²) in [5.74, 6) is 0.